The van der Waals surface area contributed by atoms with E-state index in [1.165, 1.54) is 6.07 Å². The summed E-state index contributed by atoms with van der Waals surface area (Å²) >= 11 is 2.11. The normalized spacial score (nSPS) is 10.4. The summed E-state index contributed by atoms with van der Waals surface area (Å²) in [5.74, 6) is -0.155. The Hall–Kier alpha value is -0.820. The summed E-state index contributed by atoms with van der Waals surface area (Å²) in [6.45, 7) is 0.819. The first-order valence-electron chi connectivity index (χ1n) is 5.91. The van der Waals surface area contributed by atoms with Crippen LogP contribution in [0.3, 0.4) is 0 Å². The van der Waals surface area contributed by atoms with E-state index in [0.717, 1.165) is 22.8 Å². The van der Waals surface area contributed by atoms with E-state index in [0.29, 0.717) is 12.1 Å². The minimum atomic E-state index is -0.171. The van der Waals surface area contributed by atoms with Gasteiger partial charge in [0.2, 0.25) is 0 Å². The SMILES string of the molecule is CN(CCCCCO)C(=O)c1cc(I)ccc1O. The van der Waals surface area contributed by atoms with Crippen molar-refractivity contribution in [1.29, 1.82) is 0 Å². The molecule has 5 heteroatoms. The maximum atomic E-state index is 12.1. The van der Waals surface area contributed by atoms with E-state index in [-0.39, 0.29) is 18.3 Å². The highest BCUT2D eigenvalue weighted by molar-refractivity contribution is 14.1. The van der Waals surface area contributed by atoms with Gasteiger partial charge in [-0.1, -0.05) is 0 Å². The summed E-state index contributed by atoms with van der Waals surface area (Å²) in [6.07, 6.45) is 2.51. The zero-order valence-electron chi connectivity index (χ0n) is 10.4. The van der Waals surface area contributed by atoms with E-state index in [9.17, 15) is 9.90 Å². The number of hydrogen-bond acceptors (Lipinski definition) is 3. The van der Waals surface area contributed by atoms with Gasteiger partial charge in [-0.25, -0.2) is 0 Å². The van der Waals surface area contributed by atoms with Crippen LogP contribution in [0.5, 0.6) is 5.75 Å². The molecule has 0 atom stereocenters. The summed E-state index contributed by atoms with van der Waals surface area (Å²) in [4.78, 5) is 13.7. The molecule has 0 heterocycles. The summed E-state index contributed by atoms with van der Waals surface area (Å²) < 4.78 is 0.919. The molecule has 0 bridgehead atoms. The lowest BCUT2D eigenvalue weighted by Crippen LogP contribution is -2.27. The zero-order chi connectivity index (χ0) is 13.5. The monoisotopic (exact) mass is 363 g/mol. The molecule has 2 N–H and O–H groups in total. The van der Waals surface area contributed by atoms with Crippen LogP contribution in [-0.4, -0.2) is 41.2 Å². The molecule has 100 valence electrons. The van der Waals surface area contributed by atoms with Crippen molar-refractivity contribution < 1.29 is 15.0 Å². The van der Waals surface area contributed by atoms with Crippen LogP contribution in [0.25, 0.3) is 0 Å². The Kier molecular flexibility index (Phi) is 6.42. The van der Waals surface area contributed by atoms with E-state index in [1.54, 1.807) is 24.1 Å². The number of benzene rings is 1. The van der Waals surface area contributed by atoms with Gasteiger partial charge < -0.3 is 15.1 Å². The van der Waals surface area contributed by atoms with Gasteiger partial charge in [0.25, 0.3) is 5.91 Å². The number of halogens is 1. The second-order valence-corrected chi connectivity index (χ2v) is 5.42. The highest BCUT2D eigenvalue weighted by Crippen LogP contribution is 2.21. The number of aliphatic hydroxyl groups is 1. The summed E-state index contributed by atoms with van der Waals surface area (Å²) in [5, 5.41) is 18.4. The molecule has 1 aromatic rings. The number of nitrogens with zero attached hydrogens (tertiary/aromatic N) is 1. The third kappa shape index (κ3) is 4.45. The minimum absolute atomic E-state index is 0.0163. The highest BCUT2D eigenvalue weighted by Gasteiger charge is 2.15. The van der Waals surface area contributed by atoms with Crippen LogP contribution in [-0.2, 0) is 0 Å². The molecular weight excluding hydrogens is 345 g/mol. The van der Waals surface area contributed by atoms with Crippen LogP contribution in [0.15, 0.2) is 18.2 Å². The molecule has 0 aromatic heterocycles. The van der Waals surface area contributed by atoms with Crippen LogP contribution in [0.4, 0.5) is 0 Å². The number of unbranched alkanes of at least 4 members (excludes halogenated alkanes) is 2. The lowest BCUT2D eigenvalue weighted by atomic mass is 10.1. The molecule has 0 saturated carbocycles. The quantitative estimate of drug-likeness (QED) is 0.602. The number of aliphatic hydroxyl groups excluding tert-OH is 1. The molecule has 0 radical (unpaired) electrons. The lowest BCUT2D eigenvalue weighted by Gasteiger charge is -2.17. The summed E-state index contributed by atoms with van der Waals surface area (Å²) in [7, 11) is 1.72. The summed E-state index contributed by atoms with van der Waals surface area (Å²) in [6, 6.07) is 4.98. The number of phenolic OH excluding ortho intramolecular Hbond substituents is 1. The van der Waals surface area contributed by atoms with Crippen LogP contribution < -0.4 is 0 Å². The molecular formula is C13H18INO3. The van der Waals surface area contributed by atoms with Gasteiger partial charge in [0.05, 0.1) is 5.56 Å². The first-order valence-corrected chi connectivity index (χ1v) is 6.99. The number of aromatic hydroxyl groups is 1. The van der Waals surface area contributed by atoms with E-state index in [4.69, 9.17) is 5.11 Å². The standard InChI is InChI=1S/C13H18INO3/c1-15(7-3-2-4-8-16)13(18)11-9-10(14)5-6-12(11)17/h5-6,9,16-17H,2-4,7-8H2,1H3. The molecule has 0 unspecified atom stereocenters. The number of phenols is 1. The van der Waals surface area contributed by atoms with Crippen molar-refractivity contribution in [3.05, 3.63) is 27.3 Å². The molecule has 0 saturated heterocycles. The van der Waals surface area contributed by atoms with Gasteiger partial charge >= 0.3 is 0 Å². The lowest BCUT2D eigenvalue weighted by molar-refractivity contribution is 0.0789. The Bertz CT molecular complexity index is 409. The Morgan fingerprint density at radius 1 is 1.33 bits per heavy atom. The Labute approximate surface area is 121 Å². The molecule has 4 nitrogen and oxygen atoms in total. The smallest absolute Gasteiger partial charge is 0.257 e. The number of hydrogen-bond donors (Lipinski definition) is 2. The molecule has 1 rings (SSSR count). The van der Waals surface area contributed by atoms with Gasteiger partial charge in [0, 0.05) is 23.8 Å². The average Bonchev–Trinajstić information content (AvgIpc) is 2.36. The van der Waals surface area contributed by atoms with Gasteiger partial charge in [0.1, 0.15) is 5.75 Å². The van der Waals surface area contributed by atoms with E-state index in [2.05, 4.69) is 22.6 Å². The zero-order valence-corrected chi connectivity index (χ0v) is 12.6. The second-order valence-electron chi connectivity index (χ2n) is 4.17. The second kappa shape index (κ2) is 7.58. The maximum absolute atomic E-state index is 12.1. The molecule has 0 fully saturated rings. The van der Waals surface area contributed by atoms with Crippen molar-refractivity contribution in [2.75, 3.05) is 20.2 Å². The molecule has 1 aromatic carbocycles. The molecule has 0 aliphatic carbocycles. The van der Waals surface area contributed by atoms with Crippen LogP contribution in [0.1, 0.15) is 29.6 Å². The molecule has 0 aliphatic heterocycles. The predicted octanol–water partition coefficient (Wildman–Crippen LogP) is 2.23. The first kappa shape index (κ1) is 15.2. The van der Waals surface area contributed by atoms with Crippen LogP contribution >= 0.6 is 22.6 Å². The average molecular weight is 363 g/mol. The van der Waals surface area contributed by atoms with Gasteiger partial charge in [-0.3, -0.25) is 4.79 Å². The van der Waals surface area contributed by atoms with Crippen molar-refractivity contribution in [3.63, 3.8) is 0 Å². The highest BCUT2D eigenvalue weighted by atomic mass is 127. The van der Waals surface area contributed by atoms with Gasteiger partial charge in [-0.05, 0) is 60.1 Å². The number of carbonyl (C=O) groups is 1. The molecule has 0 aliphatic rings. The Balaban J connectivity index is 2.60. The fraction of sp³-hybridized carbons (Fsp3) is 0.462. The van der Waals surface area contributed by atoms with Crippen molar-refractivity contribution in [2.45, 2.75) is 19.3 Å². The van der Waals surface area contributed by atoms with Gasteiger partial charge in [-0.2, -0.15) is 0 Å². The van der Waals surface area contributed by atoms with Crippen molar-refractivity contribution in [3.8, 4) is 5.75 Å². The maximum Gasteiger partial charge on any atom is 0.257 e. The Morgan fingerprint density at radius 3 is 2.72 bits per heavy atom. The fourth-order valence-electron chi connectivity index (χ4n) is 1.62. The van der Waals surface area contributed by atoms with E-state index in [1.807, 2.05) is 0 Å². The largest absolute Gasteiger partial charge is 0.507 e. The molecule has 1 amide bonds. The van der Waals surface area contributed by atoms with E-state index < -0.39 is 0 Å². The van der Waals surface area contributed by atoms with Crippen molar-refractivity contribution >= 4 is 28.5 Å². The predicted molar refractivity (Wildman–Crippen MR) is 78.7 cm³/mol. The van der Waals surface area contributed by atoms with Crippen molar-refractivity contribution in [2.24, 2.45) is 0 Å². The minimum Gasteiger partial charge on any atom is -0.507 e. The third-order valence-electron chi connectivity index (χ3n) is 2.69. The fourth-order valence-corrected chi connectivity index (χ4v) is 2.12. The number of rotatable bonds is 6. The van der Waals surface area contributed by atoms with Crippen LogP contribution in [0.2, 0.25) is 0 Å². The van der Waals surface area contributed by atoms with E-state index >= 15 is 0 Å². The number of carbonyl (C=O) groups excluding carboxylic acids is 1. The summed E-state index contributed by atoms with van der Waals surface area (Å²) in [5.41, 5.74) is 0.339. The molecule has 0 spiro atoms. The Morgan fingerprint density at radius 2 is 2.06 bits per heavy atom. The van der Waals surface area contributed by atoms with Crippen molar-refractivity contribution in [1.82, 2.24) is 4.90 Å². The number of amides is 1. The first-order chi connectivity index (χ1) is 8.56. The van der Waals surface area contributed by atoms with Crippen LogP contribution in [0, 0.1) is 3.57 Å². The third-order valence-corrected chi connectivity index (χ3v) is 3.36. The van der Waals surface area contributed by atoms with Gasteiger partial charge in [0.15, 0.2) is 0 Å². The topological polar surface area (TPSA) is 60.8 Å². The van der Waals surface area contributed by atoms with Gasteiger partial charge in [-0.15, -0.1) is 0 Å². The molecule has 18 heavy (non-hydrogen) atoms.